The zero-order chi connectivity index (χ0) is 21.6. The first-order chi connectivity index (χ1) is 15.1. The van der Waals surface area contributed by atoms with Crippen molar-refractivity contribution in [2.24, 2.45) is 0 Å². The van der Waals surface area contributed by atoms with E-state index in [1.807, 2.05) is 49.5 Å². The molecule has 2 saturated heterocycles. The van der Waals surface area contributed by atoms with E-state index in [4.69, 9.17) is 4.74 Å². The molecule has 0 radical (unpaired) electrons. The average Bonchev–Trinajstić information content (AvgIpc) is 2.82. The molecule has 6 nitrogen and oxygen atoms in total. The SMILES string of the molecule is CN(Cc1ccccc1N1CCOCC1)C(=O)C(c1ccccc1)N1CCCCC1=O. The van der Waals surface area contributed by atoms with Crippen molar-refractivity contribution in [3.63, 3.8) is 0 Å². The molecular weight excluding hydrogens is 390 g/mol. The van der Waals surface area contributed by atoms with Gasteiger partial charge in [0.05, 0.1) is 13.2 Å². The predicted molar refractivity (Wildman–Crippen MR) is 121 cm³/mol. The van der Waals surface area contributed by atoms with Gasteiger partial charge in [-0.3, -0.25) is 9.59 Å². The van der Waals surface area contributed by atoms with Crippen LogP contribution in [0.1, 0.15) is 36.4 Å². The fourth-order valence-electron chi connectivity index (χ4n) is 4.49. The van der Waals surface area contributed by atoms with Crippen LogP contribution in [0.25, 0.3) is 0 Å². The highest BCUT2D eigenvalue weighted by Crippen LogP contribution is 2.29. The molecule has 2 amide bonds. The summed E-state index contributed by atoms with van der Waals surface area (Å²) in [5.74, 6) is 0.0220. The Morgan fingerprint density at radius 1 is 1.00 bits per heavy atom. The van der Waals surface area contributed by atoms with Crippen LogP contribution >= 0.6 is 0 Å². The lowest BCUT2D eigenvalue weighted by Gasteiger charge is -2.36. The van der Waals surface area contributed by atoms with E-state index >= 15 is 0 Å². The van der Waals surface area contributed by atoms with Crippen molar-refractivity contribution in [1.29, 1.82) is 0 Å². The number of morpholine rings is 1. The number of ether oxygens (including phenoxy) is 1. The number of amides is 2. The van der Waals surface area contributed by atoms with Crippen LogP contribution in [0.15, 0.2) is 54.6 Å². The molecule has 6 heteroatoms. The third kappa shape index (κ3) is 4.90. The number of hydrogen-bond donors (Lipinski definition) is 0. The van der Waals surface area contributed by atoms with E-state index in [1.165, 1.54) is 0 Å². The van der Waals surface area contributed by atoms with Gasteiger partial charge in [0.25, 0.3) is 0 Å². The summed E-state index contributed by atoms with van der Waals surface area (Å²) >= 11 is 0. The van der Waals surface area contributed by atoms with Crippen LogP contribution in [0.3, 0.4) is 0 Å². The number of piperidine rings is 1. The lowest BCUT2D eigenvalue weighted by atomic mass is 9.99. The first kappa shape index (κ1) is 21.4. The van der Waals surface area contributed by atoms with Gasteiger partial charge in [0, 0.05) is 45.3 Å². The first-order valence-corrected chi connectivity index (χ1v) is 11.1. The topological polar surface area (TPSA) is 53.1 Å². The van der Waals surface area contributed by atoms with Crippen molar-refractivity contribution in [3.05, 3.63) is 65.7 Å². The van der Waals surface area contributed by atoms with Crippen LogP contribution in [0, 0.1) is 0 Å². The van der Waals surface area contributed by atoms with Crippen LogP contribution in [0.5, 0.6) is 0 Å². The summed E-state index contributed by atoms with van der Waals surface area (Å²) in [5, 5.41) is 0. The minimum atomic E-state index is -0.574. The zero-order valence-electron chi connectivity index (χ0n) is 18.2. The van der Waals surface area contributed by atoms with Crippen molar-refractivity contribution in [3.8, 4) is 0 Å². The van der Waals surface area contributed by atoms with E-state index in [0.29, 0.717) is 19.5 Å². The summed E-state index contributed by atoms with van der Waals surface area (Å²) in [6.45, 7) is 4.26. The van der Waals surface area contributed by atoms with Crippen molar-refractivity contribution in [2.45, 2.75) is 31.8 Å². The highest BCUT2D eigenvalue weighted by molar-refractivity contribution is 5.89. The second kappa shape index (κ2) is 9.96. The number of carbonyl (C=O) groups excluding carboxylic acids is 2. The Bertz CT molecular complexity index is 896. The molecule has 31 heavy (non-hydrogen) atoms. The molecule has 0 saturated carbocycles. The van der Waals surface area contributed by atoms with Gasteiger partial charge < -0.3 is 19.4 Å². The molecule has 2 heterocycles. The Balaban J connectivity index is 1.57. The summed E-state index contributed by atoms with van der Waals surface area (Å²) < 4.78 is 5.49. The van der Waals surface area contributed by atoms with Crippen molar-refractivity contribution in [2.75, 3.05) is 44.8 Å². The zero-order valence-corrected chi connectivity index (χ0v) is 18.2. The van der Waals surface area contributed by atoms with Gasteiger partial charge in [0.1, 0.15) is 6.04 Å². The maximum Gasteiger partial charge on any atom is 0.250 e. The monoisotopic (exact) mass is 421 g/mol. The molecule has 0 aliphatic carbocycles. The molecule has 2 fully saturated rings. The van der Waals surface area contributed by atoms with Crippen LogP contribution in [0.2, 0.25) is 0 Å². The second-order valence-electron chi connectivity index (χ2n) is 8.28. The minimum Gasteiger partial charge on any atom is -0.378 e. The summed E-state index contributed by atoms with van der Waals surface area (Å²) in [4.78, 5) is 32.2. The molecule has 0 spiro atoms. The van der Waals surface area contributed by atoms with Crippen LogP contribution in [-0.4, -0.2) is 61.5 Å². The fourth-order valence-corrected chi connectivity index (χ4v) is 4.49. The van der Waals surface area contributed by atoms with Gasteiger partial charge in [-0.15, -0.1) is 0 Å². The van der Waals surface area contributed by atoms with Gasteiger partial charge in [-0.1, -0.05) is 48.5 Å². The highest BCUT2D eigenvalue weighted by Gasteiger charge is 2.34. The van der Waals surface area contributed by atoms with Gasteiger partial charge in [0.15, 0.2) is 0 Å². The average molecular weight is 422 g/mol. The summed E-state index contributed by atoms with van der Waals surface area (Å²) in [5.41, 5.74) is 3.13. The summed E-state index contributed by atoms with van der Waals surface area (Å²) in [6, 6.07) is 17.4. The van der Waals surface area contributed by atoms with Gasteiger partial charge in [-0.25, -0.2) is 0 Å². The molecule has 4 rings (SSSR count). The quantitative estimate of drug-likeness (QED) is 0.719. The number of likely N-dealkylation sites (tertiary alicyclic amines) is 1. The van der Waals surface area contributed by atoms with Crippen LogP contribution < -0.4 is 4.90 Å². The Labute approximate surface area is 184 Å². The van der Waals surface area contributed by atoms with Crippen LogP contribution in [0.4, 0.5) is 5.69 Å². The molecule has 1 unspecified atom stereocenters. The molecule has 2 aliphatic rings. The third-order valence-corrected chi connectivity index (χ3v) is 6.15. The van der Waals surface area contributed by atoms with Crippen molar-refractivity contribution >= 4 is 17.5 Å². The molecular formula is C25H31N3O3. The number of rotatable bonds is 6. The van der Waals surface area contributed by atoms with E-state index in [2.05, 4.69) is 17.0 Å². The normalized spacial score (nSPS) is 18.0. The van der Waals surface area contributed by atoms with Crippen LogP contribution in [-0.2, 0) is 20.9 Å². The Kier molecular flexibility index (Phi) is 6.87. The molecule has 2 aromatic rings. The molecule has 164 valence electrons. The van der Waals surface area contributed by atoms with Crippen molar-refractivity contribution in [1.82, 2.24) is 9.80 Å². The van der Waals surface area contributed by atoms with E-state index in [-0.39, 0.29) is 11.8 Å². The number of hydrogen-bond acceptors (Lipinski definition) is 4. The predicted octanol–water partition coefficient (Wildman–Crippen LogP) is 3.24. The number of nitrogens with zero attached hydrogens (tertiary/aromatic N) is 3. The third-order valence-electron chi connectivity index (χ3n) is 6.15. The fraction of sp³-hybridized carbons (Fsp3) is 0.440. The maximum atomic E-state index is 13.7. The highest BCUT2D eigenvalue weighted by atomic mass is 16.5. The molecule has 2 aliphatic heterocycles. The molecule has 0 bridgehead atoms. The van der Waals surface area contributed by atoms with Gasteiger partial charge >= 0.3 is 0 Å². The second-order valence-corrected chi connectivity index (χ2v) is 8.28. The van der Waals surface area contributed by atoms with Gasteiger partial charge in [0.2, 0.25) is 11.8 Å². The number of para-hydroxylation sites is 1. The molecule has 0 aromatic heterocycles. The minimum absolute atomic E-state index is 0.0433. The van der Waals surface area contributed by atoms with Crippen molar-refractivity contribution < 1.29 is 14.3 Å². The molecule has 2 aromatic carbocycles. The Hall–Kier alpha value is -2.86. The van der Waals surface area contributed by atoms with E-state index in [1.54, 1.807) is 9.80 Å². The lowest BCUT2D eigenvalue weighted by molar-refractivity contribution is -0.147. The first-order valence-electron chi connectivity index (χ1n) is 11.1. The number of carbonyl (C=O) groups is 2. The van der Waals surface area contributed by atoms with E-state index in [0.717, 1.165) is 56.0 Å². The van der Waals surface area contributed by atoms with E-state index < -0.39 is 6.04 Å². The molecule has 0 N–H and O–H groups in total. The number of benzene rings is 2. The molecule has 1 atom stereocenters. The van der Waals surface area contributed by atoms with Gasteiger partial charge in [-0.05, 0) is 30.0 Å². The Morgan fingerprint density at radius 3 is 2.45 bits per heavy atom. The van der Waals surface area contributed by atoms with Gasteiger partial charge in [-0.2, -0.15) is 0 Å². The standard InChI is InChI=1S/C25H31N3O3/c1-26(19-21-11-5-6-12-22(21)27-15-17-31-18-16-27)25(30)24(20-9-3-2-4-10-20)28-14-8-7-13-23(28)29/h2-6,9-12,24H,7-8,13-19H2,1H3. The number of anilines is 1. The summed E-state index contributed by atoms with van der Waals surface area (Å²) in [7, 11) is 1.84. The lowest BCUT2D eigenvalue weighted by Crippen LogP contribution is -2.46. The Morgan fingerprint density at radius 2 is 1.71 bits per heavy atom. The number of likely N-dealkylation sites (N-methyl/N-ethyl adjacent to an activating group) is 1. The summed E-state index contributed by atoms with van der Waals surface area (Å²) in [6.07, 6.45) is 2.35. The smallest absolute Gasteiger partial charge is 0.250 e. The maximum absolute atomic E-state index is 13.7. The van der Waals surface area contributed by atoms with E-state index in [9.17, 15) is 9.59 Å². The largest absolute Gasteiger partial charge is 0.378 e.